The van der Waals surface area contributed by atoms with Crippen LogP contribution in [0.5, 0.6) is 11.5 Å². The summed E-state index contributed by atoms with van der Waals surface area (Å²) in [6.07, 6.45) is 0. The molecule has 0 spiro atoms. The number of rotatable bonds is 5. The van der Waals surface area contributed by atoms with Crippen molar-refractivity contribution in [2.75, 3.05) is 14.2 Å². The van der Waals surface area contributed by atoms with E-state index in [0.29, 0.717) is 11.6 Å². The summed E-state index contributed by atoms with van der Waals surface area (Å²) in [5, 5.41) is 19.0. The van der Waals surface area contributed by atoms with Gasteiger partial charge in [0, 0.05) is 12.0 Å². The second-order valence-electron chi connectivity index (χ2n) is 4.58. The molecule has 2 rings (SSSR count). The van der Waals surface area contributed by atoms with Gasteiger partial charge in [0.05, 0.1) is 25.2 Å². The van der Waals surface area contributed by atoms with Crippen LogP contribution in [-0.2, 0) is 0 Å². The van der Waals surface area contributed by atoms with Gasteiger partial charge in [-0.2, -0.15) is 0 Å². The molecule has 0 aliphatic rings. The highest BCUT2D eigenvalue weighted by molar-refractivity contribution is 5.71. The third-order valence-electron chi connectivity index (χ3n) is 2.86. The molecule has 21 heavy (non-hydrogen) atoms. The highest BCUT2D eigenvalue weighted by Crippen LogP contribution is 2.39. The van der Waals surface area contributed by atoms with Crippen molar-refractivity contribution in [3.05, 3.63) is 28.1 Å². The van der Waals surface area contributed by atoms with E-state index >= 15 is 0 Å². The van der Waals surface area contributed by atoms with Crippen LogP contribution in [0.2, 0.25) is 0 Å². The van der Waals surface area contributed by atoms with Gasteiger partial charge in [-0.15, -0.1) is 10.2 Å². The van der Waals surface area contributed by atoms with E-state index in [1.165, 1.54) is 26.4 Å². The smallest absolute Gasteiger partial charge is 0.286 e. The summed E-state index contributed by atoms with van der Waals surface area (Å²) in [6.45, 7) is 3.78. The molecule has 0 saturated carbocycles. The normalized spacial score (nSPS) is 10.7. The monoisotopic (exact) mass is 293 g/mol. The quantitative estimate of drug-likeness (QED) is 0.617. The van der Waals surface area contributed by atoms with Crippen LogP contribution in [0.1, 0.15) is 25.7 Å². The minimum absolute atomic E-state index is 0.0328. The fourth-order valence-electron chi connectivity index (χ4n) is 1.77. The van der Waals surface area contributed by atoms with Gasteiger partial charge in [0.25, 0.3) is 11.6 Å². The van der Waals surface area contributed by atoms with E-state index in [1.807, 2.05) is 13.8 Å². The third-order valence-corrected chi connectivity index (χ3v) is 2.86. The molecule has 0 atom stereocenters. The molecule has 8 nitrogen and oxygen atoms in total. The summed E-state index contributed by atoms with van der Waals surface area (Å²) in [6, 6.07) is 2.72. The summed E-state index contributed by atoms with van der Waals surface area (Å²) in [5.74, 6) is 1.13. The Balaban J connectivity index is 2.62. The lowest BCUT2D eigenvalue weighted by Crippen LogP contribution is -1.97. The summed E-state index contributed by atoms with van der Waals surface area (Å²) in [7, 11) is 2.85. The molecule has 0 saturated heterocycles. The van der Waals surface area contributed by atoms with E-state index in [-0.39, 0.29) is 28.8 Å². The van der Waals surface area contributed by atoms with E-state index in [1.54, 1.807) is 0 Å². The number of nitrogens with zero attached hydrogens (tertiary/aromatic N) is 3. The van der Waals surface area contributed by atoms with Gasteiger partial charge in [0.1, 0.15) is 5.56 Å². The highest BCUT2D eigenvalue weighted by atomic mass is 16.6. The Morgan fingerprint density at radius 1 is 1.19 bits per heavy atom. The summed E-state index contributed by atoms with van der Waals surface area (Å²) in [5.41, 5.74) is 0.00339. The first kappa shape index (κ1) is 14.8. The van der Waals surface area contributed by atoms with E-state index in [2.05, 4.69) is 10.2 Å². The molecule has 0 N–H and O–H groups in total. The summed E-state index contributed by atoms with van der Waals surface area (Å²) >= 11 is 0. The molecule has 0 unspecified atom stereocenters. The third kappa shape index (κ3) is 2.78. The number of ether oxygens (including phenoxy) is 2. The number of nitro groups is 1. The lowest BCUT2D eigenvalue weighted by Gasteiger charge is -2.08. The van der Waals surface area contributed by atoms with Gasteiger partial charge in [-0.3, -0.25) is 10.1 Å². The zero-order valence-electron chi connectivity index (χ0n) is 12.1. The first-order valence-corrected chi connectivity index (χ1v) is 6.22. The number of methoxy groups -OCH3 is 2. The summed E-state index contributed by atoms with van der Waals surface area (Å²) in [4.78, 5) is 10.7. The molecule has 1 heterocycles. The molecule has 112 valence electrons. The predicted octanol–water partition coefficient (Wildman–Crippen LogP) is 2.79. The Morgan fingerprint density at radius 2 is 1.81 bits per heavy atom. The fourth-order valence-corrected chi connectivity index (χ4v) is 1.77. The second kappa shape index (κ2) is 5.78. The van der Waals surface area contributed by atoms with E-state index < -0.39 is 4.92 Å². The standard InChI is InChI=1S/C13H15N3O5/c1-7(2)12-14-15-13(21-12)8-5-10(19-3)11(20-4)6-9(8)16(17)18/h5-7H,1-4H3. The van der Waals surface area contributed by atoms with Gasteiger partial charge in [0.2, 0.25) is 5.89 Å². The van der Waals surface area contributed by atoms with Crippen LogP contribution >= 0.6 is 0 Å². The van der Waals surface area contributed by atoms with Crippen LogP contribution in [0.4, 0.5) is 5.69 Å². The Hall–Kier alpha value is -2.64. The average Bonchev–Trinajstić information content (AvgIpc) is 2.95. The second-order valence-corrected chi connectivity index (χ2v) is 4.58. The van der Waals surface area contributed by atoms with Crippen LogP contribution < -0.4 is 9.47 Å². The summed E-state index contributed by atoms with van der Waals surface area (Å²) < 4.78 is 15.7. The molecule has 8 heteroatoms. The van der Waals surface area contributed by atoms with Gasteiger partial charge in [0.15, 0.2) is 11.5 Å². The predicted molar refractivity (Wildman–Crippen MR) is 73.6 cm³/mol. The molecule has 0 aliphatic carbocycles. The number of benzene rings is 1. The SMILES string of the molecule is COc1cc(-c2nnc(C(C)C)o2)c([N+](=O)[O-])cc1OC. The van der Waals surface area contributed by atoms with Gasteiger partial charge >= 0.3 is 0 Å². The van der Waals surface area contributed by atoms with Gasteiger partial charge in [-0.25, -0.2) is 0 Å². The molecular weight excluding hydrogens is 278 g/mol. The molecule has 0 radical (unpaired) electrons. The first-order chi connectivity index (χ1) is 9.97. The van der Waals surface area contributed by atoms with Crippen molar-refractivity contribution < 1.29 is 18.8 Å². The van der Waals surface area contributed by atoms with Crippen molar-refractivity contribution in [3.63, 3.8) is 0 Å². The average molecular weight is 293 g/mol. The number of nitro benzene ring substituents is 1. The number of hydrogen-bond acceptors (Lipinski definition) is 7. The van der Waals surface area contributed by atoms with Crippen molar-refractivity contribution in [1.82, 2.24) is 10.2 Å². The first-order valence-electron chi connectivity index (χ1n) is 6.22. The van der Waals surface area contributed by atoms with Crippen LogP contribution in [0.3, 0.4) is 0 Å². The van der Waals surface area contributed by atoms with Gasteiger partial charge < -0.3 is 13.9 Å². The van der Waals surface area contributed by atoms with Crippen molar-refractivity contribution in [3.8, 4) is 23.0 Å². The molecule has 0 aliphatic heterocycles. The van der Waals surface area contributed by atoms with Gasteiger partial charge in [-0.05, 0) is 0 Å². The Morgan fingerprint density at radius 3 is 2.29 bits per heavy atom. The van der Waals surface area contributed by atoms with Crippen LogP contribution in [0.15, 0.2) is 16.5 Å². The minimum atomic E-state index is -0.531. The topological polar surface area (TPSA) is 101 Å². The number of hydrogen-bond donors (Lipinski definition) is 0. The Labute approximate surface area is 120 Å². The maximum Gasteiger partial charge on any atom is 0.286 e. The van der Waals surface area contributed by atoms with E-state index in [9.17, 15) is 10.1 Å². The van der Waals surface area contributed by atoms with Crippen molar-refractivity contribution in [1.29, 1.82) is 0 Å². The van der Waals surface area contributed by atoms with E-state index in [0.717, 1.165) is 0 Å². The van der Waals surface area contributed by atoms with Crippen LogP contribution in [0, 0.1) is 10.1 Å². The molecule has 0 fully saturated rings. The molecule has 1 aromatic carbocycles. The maximum atomic E-state index is 11.2. The maximum absolute atomic E-state index is 11.2. The Kier molecular flexibility index (Phi) is 4.06. The van der Waals surface area contributed by atoms with Crippen molar-refractivity contribution in [2.24, 2.45) is 0 Å². The van der Waals surface area contributed by atoms with Crippen LogP contribution in [-0.4, -0.2) is 29.3 Å². The zero-order valence-corrected chi connectivity index (χ0v) is 12.1. The van der Waals surface area contributed by atoms with E-state index in [4.69, 9.17) is 13.9 Å². The molecule has 1 aromatic heterocycles. The van der Waals surface area contributed by atoms with Crippen LogP contribution in [0.25, 0.3) is 11.5 Å². The molecule has 0 bridgehead atoms. The number of aromatic nitrogens is 2. The van der Waals surface area contributed by atoms with Gasteiger partial charge in [-0.1, -0.05) is 13.8 Å². The molecular formula is C13H15N3O5. The fraction of sp³-hybridized carbons (Fsp3) is 0.385. The van der Waals surface area contributed by atoms with Crippen molar-refractivity contribution >= 4 is 5.69 Å². The molecule has 0 amide bonds. The van der Waals surface area contributed by atoms with Crippen molar-refractivity contribution in [2.45, 2.75) is 19.8 Å². The highest BCUT2D eigenvalue weighted by Gasteiger charge is 2.25. The molecule has 2 aromatic rings. The zero-order chi connectivity index (χ0) is 15.6. The largest absolute Gasteiger partial charge is 0.493 e. The lowest BCUT2D eigenvalue weighted by molar-refractivity contribution is -0.384. The lowest BCUT2D eigenvalue weighted by atomic mass is 10.1. The minimum Gasteiger partial charge on any atom is -0.493 e. The Bertz CT molecular complexity index is 666.